The van der Waals surface area contributed by atoms with Crippen molar-refractivity contribution in [3.05, 3.63) is 30.1 Å². The molecule has 0 aromatic heterocycles. The maximum absolute atomic E-state index is 13.2. The molecule has 0 atom stereocenters. The molecule has 5 N–H and O–H groups in total. The molecule has 1 aromatic carbocycles. The van der Waals surface area contributed by atoms with E-state index in [2.05, 4.69) is 16.0 Å². The Bertz CT molecular complexity index is 425. The molecule has 0 fully saturated rings. The van der Waals surface area contributed by atoms with Gasteiger partial charge in [-0.2, -0.15) is 0 Å². The SMILES string of the molecule is NC(=O)NCCNCC(=O)Nc1ccccc1F. The summed E-state index contributed by atoms with van der Waals surface area (Å²) < 4.78 is 13.2. The van der Waals surface area contributed by atoms with Gasteiger partial charge in [-0.05, 0) is 12.1 Å². The Morgan fingerprint density at radius 3 is 2.61 bits per heavy atom. The zero-order chi connectivity index (χ0) is 13.4. The lowest BCUT2D eigenvalue weighted by Gasteiger charge is -2.07. The van der Waals surface area contributed by atoms with Gasteiger partial charge in [0.25, 0.3) is 0 Å². The third-order valence-corrected chi connectivity index (χ3v) is 2.03. The first-order valence-electron chi connectivity index (χ1n) is 5.38. The number of nitrogens with two attached hydrogens (primary N) is 1. The van der Waals surface area contributed by atoms with E-state index in [0.717, 1.165) is 0 Å². The predicted octanol–water partition coefficient (Wildman–Crippen LogP) is 0.0221. The van der Waals surface area contributed by atoms with E-state index < -0.39 is 11.8 Å². The van der Waals surface area contributed by atoms with Crippen LogP contribution in [0.3, 0.4) is 0 Å². The summed E-state index contributed by atoms with van der Waals surface area (Å²) in [6.07, 6.45) is 0. The molecule has 0 aliphatic heterocycles. The van der Waals surface area contributed by atoms with Crippen LogP contribution in [-0.2, 0) is 4.79 Å². The van der Waals surface area contributed by atoms with Crippen LogP contribution in [0.25, 0.3) is 0 Å². The lowest BCUT2D eigenvalue weighted by Crippen LogP contribution is -2.37. The first-order chi connectivity index (χ1) is 8.59. The topological polar surface area (TPSA) is 96.2 Å². The van der Waals surface area contributed by atoms with Crippen molar-refractivity contribution in [1.29, 1.82) is 0 Å². The van der Waals surface area contributed by atoms with Crippen molar-refractivity contribution in [2.75, 3.05) is 25.0 Å². The van der Waals surface area contributed by atoms with Crippen molar-refractivity contribution in [3.8, 4) is 0 Å². The number of rotatable bonds is 6. The Labute approximate surface area is 104 Å². The smallest absolute Gasteiger partial charge is 0.312 e. The van der Waals surface area contributed by atoms with Crippen LogP contribution >= 0.6 is 0 Å². The van der Waals surface area contributed by atoms with Crippen LogP contribution in [0.5, 0.6) is 0 Å². The number of nitrogens with one attached hydrogen (secondary N) is 3. The van der Waals surface area contributed by atoms with Gasteiger partial charge >= 0.3 is 6.03 Å². The Balaban J connectivity index is 2.22. The van der Waals surface area contributed by atoms with Crippen molar-refractivity contribution >= 4 is 17.6 Å². The van der Waals surface area contributed by atoms with Gasteiger partial charge in [0.15, 0.2) is 0 Å². The Morgan fingerprint density at radius 2 is 1.94 bits per heavy atom. The summed E-state index contributed by atoms with van der Waals surface area (Å²) in [5, 5.41) is 7.56. The van der Waals surface area contributed by atoms with Crippen LogP contribution < -0.4 is 21.7 Å². The van der Waals surface area contributed by atoms with E-state index in [1.807, 2.05) is 0 Å². The molecule has 0 spiro atoms. The largest absolute Gasteiger partial charge is 0.352 e. The normalized spacial score (nSPS) is 9.83. The minimum absolute atomic E-state index is 0.0226. The summed E-state index contributed by atoms with van der Waals surface area (Å²) in [7, 11) is 0. The minimum atomic E-state index is -0.618. The zero-order valence-corrected chi connectivity index (χ0v) is 9.70. The Morgan fingerprint density at radius 1 is 1.22 bits per heavy atom. The first-order valence-corrected chi connectivity index (χ1v) is 5.38. The number of carbonyl (C=O) groups is 2. The van der Waals surface area contributed by atoms with E-state index in [1.54, 1.807) is 12.1 Å². The number of hydrogen-bond donors (Lipinski definition) is 4. The van der Waals surface area contributed by atoms with Crippen molar-refractivity contribution in [1.82, 2.24) is 10.6 Å². The van der Waals surface area contributed by atoms with Gasteiger partial charge in [0.05, 0.1) is 12.2 Å². The lowest BCUT2D eigenvalue weighted by molar-refractivity contribution is -0.115. The predicted molar refractivity (Wildman–Crippen MR) is 65.5 cm³/mol. The molecule has 0 heterocycles. The average Bonchev–Trinajstić information content (AvgIpc) is 2.31. The number of anilines is 1. The fourth-order valence-electron chi connectivity index (χ4n) is 1.23. The second-order valence-corrected chi connectivity index (χ2v) is 3.50. The van der Waals surface area contributed by atoms with Gasteiger partial charge in [0.2, 0.25) is 5.91 Å². The molecular weight excluding hydrogens is 239 g/mol. The van der Waals surface area contributed by atoms with Gasteiger partial charge in [0.1, 0.15) is 5.82 Å². The summed E-state index contributed by atoms with van der Waals surface area (Å²) in [5.41, 5.74) is 4.99. The number of halogens is 1. The highest BCUT2D eigenvalue weighted by molar-refractivity contribution is 5.92. The average molecular weight is 254 g/mol. The van der Waals surface area contributed by atoms with Gasteiger partial charge in [-0.1, -0.05) is 12.1 Å². The van der Waals surface area contributed by atoms with Crippen molar-refractivity contribution < 1.29 is 14.0 Å². The summed E-state index contributed by atoms with van der Waals surface area (Å²) in [6.45, 7) is 0.741. The number of carbonyl (C=O) groups excluding carboxylic acids is 2. The van der Waals surface area contributed by atoms with Crippen molar-refractivity contribution in [3.63, 3.8) is 0 Å². The van der Waals surface area contributed by atoms with E-state index in [4.69, 9.17) is 5.73 Å². The highest BCUT2D eigenvalue weighted by Gasteiger charge is 2.05. The number of hydrogen-bond acceptors (Lipinski definition) is 3. The van der Waals surface area contributed by atoms with Crippen LogP contribution in [0.2, 0.25) is 0 Å². The number of primary amides is 1. The first kappa shape index (κ1) is 13.9. The molecule has 0 bridgehead atoms. The minimum Gasteiger partial charge on any atom is -0.352 e. The molecule has 3 amide bonds. The molecule has 0 radical (unpaired) electrons. The fourth-order valence-corrected chi connectivity index (χ4v) is 1.23. The maximum Gasteiger partial charge on any atom is 0.312 e. The summed E-state index contributed by atoms with van der Waals surface area (Å²) in [5.74, 6) is -0.847. The molecule has 18 heavy (non-hydrogen) atoms. The van der Waals surface area contributed by atoms with Crippen LogP contribution in [0, 0.1) is 5.82 Å². The standard InChI is InChI=1S/C11H15FN4O2/c12-8-3-1-2-4-9(8)16-10(17)7-14-5-6-15-11(13)18/h1-4,14H,5-7H2,(H,16,17)(H3,13,15,18). The Hall–Kier alpha value is -2.15. The molecule has 1 aromatic rings. The van der Waals surface area contributed by atoms with Crippen LogP contribution in [0.15, 0.2) is 24.3 Å². The van der Waals surface area contributed by atoms with Crippen molar-refractivity contribution in [2.24, 2.45) is 5.73 Å². The number of benzene rings is 1. The van der Waals surface area contributed by atoms with Crippen LogP contribution in [0.1, 0.15) is 0 Å². The second kappa shape index (κ2) is 7.23. The Kier molecular flexibility index (Phi) is 5.59. The molecule has 1 rings (SSSR count). The summed E-state index contributed by atoms with van der Waals surface area (Å²) >= 11 is 0. The molecule has 0 saturated carbocycles. The highest BCUT2D eigenvalue weighted by Crippen LogP contribution is 2.11. The van der Waals surface area contributed by atoms with E-state index in [-0.39, 0.29) is 18.1 Å². The van der Waals surface area contributed by atoms with Crippen LogP contribution in [0.4, 0.5) is 14.9 Å². The van der Waals surface area contributed by atoms with E-state index in [9.17, 15) is 14.0 Å². The van der Waals surface area contributed by atoms with E-state index in [0.29, 0.717) is 13.1 Å². The number of amides is 3. The summed E-state index contributed by atoms with van der Waals surface area (Å²) in [6, 6.07) is 5.29. The van der Waals surface area contributed by atoms with Gasteiger partial charge in [-0.15, -0.1) is 0 Å². The molecule has 7 heteroatoms. The molecular formula is C11H15FN4O2. The highest BCUT2D eigenvalue weighted by atomic mass is 19.1. The lowest BCUT2D eigenvalue weighted by atomic mass is 10.3. The van der Waals surface area contributed by atoms with E-state index in [1.165, 1.54) is 12.1 Å². The van der Waals surface area contributed by atoms with Gasteiger partial charge in [-0.25, -0.2) is 9.18 Å². The van der Waals surface area contributed by atoms with Crippen molar-refractivity contribution in [2.45, 2.75) is 0 Å². The van der Waals surface area contributed by atoms with E-state index >= 15 is 0 Å². The second-order valence-electron chi connectivity index (χ2n) is 3.50. The number of para-hydroxylation sites is 1. The third kappa shape index (κ3) is 5.26. The van der Waals surface area contributed by atoms with Gasteiger partial charge < -0.3 is 21.7 Å². The van der Waals surface area contributed by atoms with Gasteiger partial charge in [0, 0.05) is 13.1 Å². The number of urea groups is 1. The molecule has 6 nitrogen and oxygen atoms in total. The third-order valence-electron chi connectivity index (χ3n) is 2.03. The quantitative estimate of drug-likeness (QED) is 0.539. The van der Waals surface area contributed by atoms with Crippen LogP contribution in [-0.4, -0.2) is 31.6 Å². The summed E-state index contributed by atoms with van der Waals surface area (Å²) in [4.78, 5) is 21.7. The zero-order valence-electron chi connectivity index (χ0n) is 9.70. The fraction of sp³-hybridized carbons (Fsp3) is 0.273. The monoisotopic (exact) mass is 254 g/mol. The molecule has 0 unspecified atom stereocenters. The maximum atomic E-state index is 13.2. The molecule has 0 aliphatic carbocycles. The van der Waals surface area contributed by atoms with Gasteiger partial charge in [-0.3, -0.25) is 4.79 Å². The molecule has 98 valence electrons. The molecule has 0 aliphatic rings. The molecule has 0 saturated heterocycles.